The molecule has 1 fully saturated rings. The Hall–Kier alpha value is -1.39. The van der Waals surface area contributed by atoms with Crippen LogP contribution in [-0.2, 0) is 11.3 Å². The third-order valence-corrected chi connectivity index (χ3v) is 4.75. The van der Waals surface area contributed by atoms with Gasteiger partial charge in [-0.3, -0.25) is 4.79 Å². The van der Waals surface area contributed by atoms with Gasteiger partial charge in [-0.2, -0.15) is 0 Å². The van der Waals surface area contributed by atoms with Gasteiger partial charge < -0.3 is 15.3 Å². The summed E-state index contributed by atoms with van der Waals surface area (Å²) in [7, 11) is 0. The first-order valence-corrected chi connectivity index (χ1v) is 8.01. The Kier molecular flexibility index (Phi) is 4.56. The molecule has 4 heteroatoms. The number of aliphatic hydroxyl groups excluding tert-OH is 1. The molecule has 0 aromatic heterocycles. The van der Waals surface area contributed by atoms with Crippen molar-refractivity contribution in [3.8, 4) is 0 Å². The summed E-state index contributed by atoms with van der Waals surface area (Å²) in [5, 5.41) is 12.4. The first-order chi connectivity index (χ1) is 10.3. The lowest BCUT2D eigenvalue weighted by atomic mass is 9.86. The summed E-state index contributed by atoms with van der Waals surface area (Å²) in [6.07, 6.45) is 4.11. The van der Waals surface area contributed by atoms with Crippen molar-refractivity contribution < 1.29 is 9.90 Å². The number of rotatable bonds is 5. The third kappa shape index (κ3) is 2.97. The quantitative estimate of drug-likeness (QED) is 0.866. The first-order valence-electron chi connectivity index (χ1n) is 8.01. The third-order valence-electron chi connectivity index (χ3n) is 4.75. The van der Waals surface area contributed by atoms with Crippen LogP contribution in [0.2, 0.25) is 0 Å². The van der Waals surface area contributed by atoms with Gasteiger partial charge in [-0.15, -0.1) is 0 Å². The van der Waals surface area contributed by atoms with E-state index in [4.69, 9.17) is 5.11 Å². The molecule has 1 atom stereocenters. The van der Waals surface area contributed by atoms with Gasteiger partial charge in [0.2, 0.25) is 5.91 Å². The number of hydrogen-bond acceptors (Lipinski definition) is 3. The van der Waals surface area contributed by atoms with Gasteiger partial charge in [0.15, 0.2) is 0 Å². The fraction of sp³-hybridized carbons (Fsp3) is 0.588. The van der Waals surface area contributed by atoms with E-state index in [0.29, 0.717) is 19.0 Å². The molecule has 1 aliphatic carbocycles. The molecule has 0 radical (unpaired) electrons. The van der Waals surface area contributed by atoms with Gasteiger partial charge in [0.25, 0.3) is 0 Å². The number of nitrogens with one attached hydrogen (secondary N) is 1. The second kappa shape index (κ2) is 6.58. The van der Waals surface area contributed by atoms with E-state index in [1.807, 2.05) is 17.0 Å². The van der Waals surface area contributed by atoms with Crippen LogP contribution in [0, 0.1) is 0 Å². The highest BCUT2D eigenvalue weighted by molar-refractivity contribution is 5.85. The van der Waals surface area contributed by atoms with Crippen molar-refractivity contribution in [3.63, 3.8) is 0 Å². The molecule has 0 bridgehead atoms. The molecule has 1 saturated carbocycles. The minimum absolute atomic E-state index is 0.0748. The molecule has 1 aromatic rings. The van der Waals surface area contributed by atoms with Crippen molar-refractivity contribution in [2.45, 2.75) is 44.2 Å². The van der Waals surface area contributed by atoms with Gasteiger partial charge in [0, 0.05) is 32.3 Å². The monoisotopic (exact) mass is 288 g/mol. The average molecular weight is 288 g/mol. The summed E-state index contributed by atoms with van der Waals surface area (Å²) < 4.78 is 0. The first kappa shape index (κ1) is 14.5. The molecule has 1 aromatic carbocycles. The van der Waals surface area contributed by atoms with E-state index in [-0.39, 0.29) is 18.4 Å². The summed E-state index contributed by atoms with van der Waals surface area (Å²) in [6.45, 7) is 2.40. The molecule has 4 nitrogen and oxygen atoms in total. The minimum atomic E-state index is -0.0748. The van der Waals surface area contributed by atoms with E-state index in [2.05, 4.69) is 17.4 Å². The van der Waals surface area contributed by atoms with Crippen LogP contribution in [-0.4, -0.2) is 41.7 Å². The van der Waals surface area contributed by atoms with Crippen molar-refractivity contribution >= 4 is 5.91 Å². The number of carbonyl (C=O) groups is 1. The van der Waals surface area contributed by atoms with Gasteiger partial charge in [-0.05, 0) is 36.8 Å². The molecular weight excluding hydrogens is 264 g/mol. The van der Waals surface area contributed by atoms with E-state index >= 15 is 0 Å². The lowest BCUT2D eigenvalue weighted by molar-refractivity contribution is -0.137. The van der Waals surface area contributed by atoms with E-state index < -0.39 is 0 Å². The molecular formula is C17H24N2O2. The predicted octanol–water partition coefficient (Wildman–Crippen LogP) is 1.64. The maximum atomic E-state index is 13.0. The SMILES string of the molecule is O=C(C1CNCc2ccccc21)N(CCCO)C1CCC1. The molecule has 1 amide bonds. The molecule has 2 N–H and O–H groups in total. The van der Waals surface area contributed by atoms with Gasteiger partial charge in [-0.1, -0.05) is 24.3 Å². The zero-order chi connectivity index (χ0) is 14.7. The topological polar surface area (TPSA) is 52.6 Å². The number of amides is 1. The molecule has 0 saturated heterocycles. The molecule has 3 rings (SSSR count). The second-order valence-corrected chi connectivity index (χ2v) is 6.08. The summed E-state index contributed by atoms with van der Waals surface area (Å²) in [5.74, 6) is 0.155. The van der Waals surface area contributed by atoms with Crippen LogP contribution in [0.25, 0.3) is 0 Å². The van der Waals surface area contributed by atoms with Crippen LogP contribution in [0.1, 0.15) is 42.7 Å². The largest absolute Gasteiger partial charge is 0.396 e. The van der Waals surface area contributed by atoms with Crippen LogP contribution in [0.3, 0.4) is 0 Å². The zero-order valence-corrected chi connectivity index (χ0v) is 12.4. The van der Waals surface area contributed by atoms with Gasteiger partial charge in [0.1, 0.15) is 0 Å². The summed E-state index contributed by atoms with van der Waals surface area (Å²) in [5.41, 5.74) is 2.41. The van der Waals surface area contributed by atoms with Crippen LogP contribution in [0.4, 0.5) is 0 Å². The molecule has 1 heterocycles. The van der Waals surface area contributed by atoms with Crippen LogP contribution < -0.4 is 5.32 Å². The van der Waals surface area contributed by atoms with Crippen LogP contribution in [0.5, 0.6) is 0 Å². The van der Waals surface area contributed by atoms with Crippen molar-refractivity contribution in [2.75, 3.05) is 19.7 Å². The Labute approximate surface area is 126 Å². The fourth-order valence-corrected chi connectivity index (χ4v) is 3.33. The second-order valence-electron chi connectivity index (χ2n) is 6.08. The average Bonchev–Trinajstić information content (AvgIpc) is 2.48. The normalized spacial score (nSPS) is 21.5. The van der Waals surface area contributed by atoms with E-state index in [1.165, 1.54) is 17.5 Å². The van der Waals surface area contributed by atoms with Gasteiger partial charge in [0.05, 0.1) is 5.92 Å². The van der Waals surface area contributed by atoms with Gasteiger partial charge >= 0.3 is 0 Å². The highest BCUT2D eigenvalue weighted by atomic mass is 16.3. The number of aliphatic hydroxyl groups is 1. The lowest BCUT2D eigenvalue weighted by Crippen LogP contribution is -2.49. The zero-order valence-electron chi connectivity index (χ0n) is 12.4. The van der Waals surface area contributed by atoms with Crippen LogP contribution in [0.15, 0.2) is 24.3 Å². The standard InChI is InChI=1S/C17H24N2O2/c20-10-4-9-19(14-6-3-7-14)17(21)16-12-18-11-13-5-1-2-8-15(13)16/h1-2,5,8,14,16,18,20H,3-4,6-7,9-12H2. The lowest BCUT2D eigenvalue weighted by Gasteiger charge is -2.40. The Morgan fingerprint density at radius 2 is 2.14 bits per heavy atom. The number of fused-ring (bicyclic) bond motifs is 1. The number of carbonyl (C=O) groups excluding carboxylic acids is 1. The molecule has 1 aliphatic heterocycles. The Bertz CT molecular complexity index is 499. The maximum Gasteiger partial charge on any atom is 0.231 e. The van der Waals surface area contributed by atoms with Crippen molar-refractivity contribution in [1.82, 2.24) is 10.2 Å². The Morgan fingerprint density at radius 1 is 1.33 bits per heavy atom. The number of benzene rings is 1. The predicted molar refractivity (Wildman–Crippen MR) is 81.9 cm³/mol. The summed E-state index contributed by atoms with van der Waals surface area (Å²) >= 11 is 0. The number of nitrogens with zero attached hydrogens (tertiary/aromatic N) is 1. The van der Waals surface area contributed by atoms with E-state index in [1.54, 1.807) is 0 Å². The smallest absolute Gasteiger partial charge is 0.231 e. The highest BCUT2D eigenvalue weighted by Gasteiger charge is 2.34. The molecule has 0 spiro atoms. The summed E-state index contributed by atoms with van der Waals surface area (Å²) in [6, 6.07) is 8.62. The fourth-order valence-electron chi connectivity index (χ4n) is 3.33. The van der Waals surface area contributed by atoms with Crippen molar-refractivity contribution in [1.29, 1.82) is 0 Å². The van der Waals surface area contributed by atoms with Crippen molar-refractivity contribution in [3.05, 3.63) is 35.4 Å². The Balaban J connectivity index is 1.79. The molecule has 2 aliphatic rings. The summed E-state index contributed by atoms with van der Waals surface area (Å²) in [4.78, 5) is 15.0. The Morgan fingerprint density at radius 3 is 2.86 bits per heavy atom. The highest BCUT2D eigenvalue weighted by Crippen LogP contribution is 2.31. The maximum absolute atomic E-state index is 13.0. The molecule has 1 unspecified atom stereocenters. The van der Waals surface area contributed by atoms with E-state index in [9.17, 15) is 4.79 Å². The van der Waals surface area contributed by atoms with Crippen molar-refractivity contribution in [2.24, 2.45) is 0 Å². The molecule has 114 valence electrons. The number of hydrogen-bond donors (Lipinski definition) is 2. The van der Waals surface area contributed by atoms with Gasteiger partial charge in [-0.25, -0.2) is 0 Å². The van der Waals surface area contributed by atoms with E-state index in [0.717, 1.165) is 25.9 Å². The van der Waals surface area contributed by atoms with Crippen LogP contribution >= 0.6 is 0 Å². The minimum Gasteiger partial charge on any atom is -0.396 e. The molecule has 21 heavy (non-hydrogen) atoms.